The van der Waals surface area contributed by atoms with Gasteiger partial charge in [-0.3, -0.25) is 0 Å². The molecule has 0 amide bonds. The second kappa shape index (κ2) is 11.9. The maximum atomic E-state index is 14.6. The SMILES string of the molecule is Cc1ccc(Oc2ccc(C[I-]c3ccc(C(c4ccc(C)c(C)c4)(C(F)(F)F)C(F)(F)F)cc3C)c(C)c2)cc1C. The Kier molecular flexibility index (Phi) is 9.07. The molecule has 0 aliphatic carbocycles. The Morgan fingerprint density at radius 1 is 0.524 bits per heavy atom. The Hall–Kier alpha value is -3.01. The summed E-state index contributed by atoms with van der Waals surface area (Å²) in [5.74, 6) is 1.43. The Labute approximate surface area is 253 Å². The van der Waals surface area contributed by atoms with Gasteiger partial charge in [0.15, 0.2) is 0 Å². The molecule has 0 fully saturated rings. The third-order valence-electron chi connectivity index (χ3n) is 7.76. The van der Waals surface area contributed by atoms with Crippen molar-refractivity contribution in [2.45, 2.75) is 63.7 Å². The first-order valence-electron chi connectivity index (χ1n) is 13.3. The van der Waals surface area contributed by atoms with Gasteiger partial charge in [-0.15, -0.1) is 0 Å². The zero-order valence-corrected chi connectivity index (χ0v) is 26.3. The van der Waals surface area contributed by atoms with E-state index in [1.807, 2.05) is 57.2 Å². The van der Waals surface area contributed by atoms with Crippen LogP contribution < -0.4 is 25.9 Å². The van der Waals surface area contributed by atoms with Crippen molar-refractivity contribution in [1.29, 1.82) is 0 Å². The van der Waals surface area contributed by atoms with Crippen molar-refractivity contribution in [2.24, 2.45) is 0 Å². The quantitative estimate of drug-likeness (QED) is 0.113. The van der Waals surface area contributed by atoms with E-state index in [4.69, 9.17) is 4.74 Å². The topological polar surface area (TPSA) is 9.23 Å². The van der Waals surface area contributed by atoms with Crippen LogP contribution in [0.3, 0.4) is 0 Å². The summed E-state index contributed by atoms with van der Waals surface area (Å²) in [7, 11) is 0. The van der Waals surface area contributed by atoms with Gasteiger partial charge >= 0.3 is 254 Å². The summed E-state index contributed by atoms with van der Waals surface area (Å²) in [6.45, 7) is 10.8. The molecule has 224 valence electrons. The fourth-order valence-corrected chi connectivity index (χ4v) is 7.79. The molecule has 4 aromatic carbocycles. The molecular formula is C34H32F6IO-. The van der Waals surface area contributed by atoms with Crippen molar-refractivity contribution in [3.63, 3.8) is 0 Å². The Bertz CT molecular complexity index is 1590. The normalized spacial score (nSPS) is 12.6. The van der Waals surface area contributed by atoms with Crippen molar-refractivity contribution in [3.8, 4) is 11.5 Å². The minimum absolute atomic E-state index is 0.366. The summed E-state index contributed by atoms with van der Waals surface area (Å²) in [6, 6.07) is 18.4. The molecule has 4 rings (SSSR count). The third-order valence-corrected chi connectivity index (χ3v) is 11.0. The molecule has 0 aromatic heterocycles. The van der Waals surface area contributed by atoms with E-state index in [9.17, 15) is 26.3 Å². The number of halogens is 7. The maximum absolute atomic E-state index is 14.6. The second-order valence-corrected chi connectivity index (χ2v) is 13.4. The van der Waals surface area contributed by atoms with E-state index in [1.165, 1.54) is 24.6 Å². The average Bonchev–Trinajstić information content (AvgIpc) is 2.87. The van der Waals surface area contributed by atoms with Gasteiger partial charge in [0.2, 0.25) is 0 Å². The minimum atomic E-state index is -5.60. The van der Waals surface area contributed by atoms with Gasteiger partial charge in [-0.2, -0.15) is 0 Å². The van der Waals surface area contributed by atoms with Gasteiger partial charge in [0.05, 0.1) is 0 Å². The zero-order valence-electron chi connectivity index (χ0n) is 24.2. The van der Waals surface area contributed by atoms with E-state index in [-0.39, 0.29) is 0 Å². The number of ether oxygens (including phenoxy) is 1. The molecule has 0 radical (unpaired) electrons. The van der Waals surface area contributed by atoms with Crippen LogP contribution in [0.25, 0.3) is 0 Å². The Morgan fingerprint density at radius 3 is 1.50 bits per heavy atom. The van der Waals surface area contributed by atoms with Gasteiger partial charge in [-0.1, -0.05) is 0 Å². The number of aryl methyl sites for hydroxylation is 6. The monoisotopic (exact) mass is 697 g/mol. The molecule has 8 heteroatoms. The molecular weight excluding hydrogens is 665 g/mol. The fourth-order valence-electron chi connectivity index (χ4n) is 4.92. The molecule has 0 spiro atoms. The summed E-state index contributed by atoms with van der Waals surface area (Å²) < 4.78 is 95.1. The number of benzene rings is 4. The zero-order chi connectivity index (χ0) is 31.0. The van der Waals surface area contributed by atoms with Crippen LogP contribution in [0, 0.1) is 45.1 Å². The van der Waals surface area contributed by atoms with Crippen molar-refractivity contribution in [1.82, 2.24) is 0 Å². The number of rotatable bonds is 7. The van der Waals surface area contributed by atoms with Gasteiger partial charge in [0, 0.05) is 0 Å². The fraction of sp³-hybridized carbons (Fsp3) is 0.294. The number of alkyl halides is 7. The number of hydrogen-bond acceptors (Lipinski definition) is 1. The van der Waals surface area contributed by atoms with Crippen LogP contribution in [0.5, 0.6) is 11.5 Å². The molecule has 0 N–H and O–H groups in total. The van der Waals surface area contributed by atoms with Gasteiger partial charge in [-0.05, 0) is 0 Å². The van der Waals surface area contributed by atoms with Crippen LogP contribution in [0.2, 0.25) is 0 Å². The first-order valence-corrected chi connectivity index (χ1v) is 15.9. The Morgan fingerprint density at radius 2 is 1.00 bits per heavy atom. The van der Waals surface area contributed by atoms with Crippen LogP contribution in [0.15, 0.2) is 72.8 Å². The van der Waals surface area contributed by atoms with E-state index >= 15 is 0 Å². The van der Waals surface area contributed by atoms with Crippen LogP contribution >= 0.6 is 0 Å². The molecule has 0 heterocycles. The molecule has 42 heavy (non-hydrogen) atoms. The molecule has 0 unspecified atom stereocenters. The van der Waals surface area contributed by atoms with E-state index in [1.54, 1.807) is 13.8 Å². The van der Waals surface area contributed by atoms with E-state index < -0.39 is 50.1 Å². The second-order valence-electron chi connectivity index (χ2n) is 10.7. The molecule has 0 bridgehead atoms. The van der Waals surface area contributed by atoms with Gasteiger partial charge in [0.1, 0.15) is 0 Å². The molecule has 0 saturated heterocycles. The van der Waals surface area contributed by atoms with Crippen molar-refractivity contribution >= 4 is 0 Å². The van der Waals surface area contributed by atoms with Gasteiger partial charge in [0.25, 0.3) is 0 Å². The van der Waals surface area contributed by atoms with Gasteiger partial charge < -0.3 is 0 Å². The molecule has 0 saturated carbocycles. The van der Waals surface area contributed by atoms with Crippen molar-refractivity contribution < 1.29 is 52.3 Å². The van der Waals surface area contributed by atoms with E-state index in [2.05, 4.69) is 0 Å². The summed E-state index contributed by atoms with van der Waals surface area (Å²) in [4.78, 5) is 0. The first-order chi connectivity index (χ1) is 19.5. The van der Waals surface area contributed by atoms with E-state index in [0.717, 1.165) is 50.3 Å². The standard InChI is InChI=1S/C34H32F6IO/c1-20-7-10-27(15-22(20)3)32(33(35,36)37,34(38,39)40)28-11-14-31(25(6)16-28)41-19-26-9-13-30(18-24(26)5)42-29-12-8-21(2)23(4)17-29/h7-18H,19H2,1-6H3/q-1. The van der Waals surface area contributed by atoms with Crippen LogP contribution in [-0.4, -0.2) is 12.4 Å². The molecule has 0 aliphatic rings. The molecule has 0 atom stereocenters. The predicted molar refractivity (Wildman–Crippen MR) is 150 cm³/mol. The summed E-state index contributed by atoms with van der Waals surface area (Å²) >= 11 is -0.733. The first kappa shape index (κ1) is 31.9. The molecule has 1 nitrogen and oxygen atoms in total. The van der Waals surface area contributed by atoms with Crippen molar-refractivity contribution in [2.75, 3.05) is 0 Å². The molecule has 0 aliphatic heterocycles. The number of hydrogen-bond donors (Lipinski definition) is 0. The van der Waals surface area contributed by atoms with Crippen LogP contribution in [0.4, 0.5) is 26.3 Å². The summed E-state index contributed by atoms with van der Waals surface area (Å²) in [5, 5.41) is 0. The predicted octanol–water partition coefficient (Wildman–Crippen LogP) is 7.20. The average molecular weight is 698 g/mol. The molecule has 4 aromatic rings. The van der Waals surface area contributed by atoms with E-state index in [0.29, 0.717) is 26.9 Å². The van der Waals surface area contributed by atoms with Gasteiger partial charge in [-0.25, -0.2) is 0 Å². The third kappa shape index (κ3) is 6.19. The summed E-state index contributed by atoms with van der Waals surface area (Å²) in [5.41, 5.74) is 0.00141. The van der Waals surface area contributed by atoms with Crippen LogP contribution in [0.1, 0.15) is 50.1 Å². The summed E-state index contributed by atoms with van der Waals surface area (Å²) in [6.07, 6.45) is -11.2. The van der Waals surface area contributed by atoms with Crippen LogP contribution in [-0.2, 0) is 9.84 Å². The Balaban J connectivity index is 1.61. The van der Waals surface area contributed by atoms with Crippen molar-refractivity contribution in [3.05, 3.63) is 126 Å².